The van der Waals surface area contributed by atoms with Crippen LogP contribution in [-0.4, -0.2) is 15.0 Å². The van der Waals surface area contributed by atoms with Gasteiger partial charge in [-0.1, -0.05) is 115 Å². The predicted molar refractivity (Wildman–Crippen MR) is 157 cm³/mol. The molecule has 0 amide bonds. The van der Waals surface area contributed by atoms with Crippen LogP contribution < -0.4 is 0 Å². The van der Waals surface area contributed by atoms with Crippen LogP contribution in [0.2, 0.25) is 0 Å². The molecule has 0 atom stereocenters. The van der Waals surface area contributed by atoms with Crippen molar-refractivity contribution in [3.63, 3.8) is 0 Å². The molecule has 0 N–H and O–H groups in total. The van der Waals surface area contributed by atoms with Gasteiger partial charge in [0.15, 0.2) is 5.82 Å². The third-order valence-corrected chi connectivity index (χ3v) is 6.94. The van der Waals surface area contributed by atoms with Gasteiger partial charge in [0.05, 0.1) is 16.7 Å². The van der Waals surface area contributed by atoms with E-state index in [1.807, 2.05) is 36.5 Å². The Morgan fingerprint density at radius 2 is 1.16 bits per heavy atom. The van der Waals surface area contributed by atoms with Crippen LogP contribution in [0.3, 0.4) is 0 Å². The van der Waals surface area contributed by atoms with Crippen LogP contribution >= 0.6 is 0 Å². The molecular weight excluding hydrogens is 462 g/mol. The van der Waals surface area contributed by atoms with Gasteiger partial charge in [0.2, 0.25) is 0 Å². The predicted octanol–water partition coefficient (Wildman–Crippen LogP) is 8.85. The number of nitrogens with zero attached hydrogens (tertiary/aromatic N) is 3. The number of benzene rings is 5. The van der Waals surface area contributed by atoms with Gasteiger partial charge in [-0.3, -0.25) is 4.98 Å². The van der Waals surface area contributed by atoms with Gasteiger partial charge in [-0.05, 0) is 40.5 Å². The van der Waals surface area contributed by atoms with Crippen LogP contribution in [0.1, 0.15) is 0 Å². The van der Waals surface area contributed by atoms with E-state index in [0.29, 0.717) is 5.82 Å². The molecular formula is C35H23N3. The maximum absolute atomic E-state index is 5.18. The SMILES string of the molecule is c1ccc(-c2ccc(-c3nc(-c4cccc5cccnc45)c4ccccc4n3)cc2-c2ccccc2)cc1. The minimum absolute atomic E-state index is 0.698. The van der Waals surface area contributed by atoms with Gasteiger partial charge in [-0.2, -0.15) is 0 Å². The summed E-state index contributed by atoms with van der Waals surface area (Å²) in [5, 5.41) is 2.10. The normalized spacial score (nSPS) is 11.2. The molecule has 5 aromatic carbocycles. The van der Waals surface area contributed by atoms with Crippen molar-refractivity contribution >= 4 is 21.8 Å². The standard InChI is InChI=1S/C35H23N3/c1-3-11-24(12-4-1)28-21-20-27(23-31(28)25-13-5-2-6-14-25)35-37-32-19-8-7-17-29(32)34(38-35)30-18-9-15-26-16-10-22-36-33(26)30/h1-23H. The average molecular weight is 486 g/mol. The Hall–Kier alpha value is -5.15. The number of para-hydroxylation sites is 2. The third kappa shape index (κ3) is 3.91. The highest BCUT2D eigenvalue weighted by molar-refractivity contribution is 6.02. The van der Waals surface area contributed by atoms with E-state index in [9.17, 15) is 0 Å². The molecule has 2 heterocycles. The number of rotatable bonds is 4. The first-order valence-corrected chi connectivity index (χ1v) is 12.7. The molecule has 178 valence electrons. The molecule has 0 aliphatic rings. The summed E-state index contributed by atoms with van der Waals surface area (Å²) in [5.41, 5.74) is 9.40. The zero-order chi connectivity index (χ0) is 25.3. The van der Waals surface area contributed by atoms with Gasteiger partial charge < -0.3 is 0 Å². The molecule has 7 aromatic rings. The lowest BCUT2D eigenvalue weighted by atomic mass is 9.92. The highest BCUT2D eigenvalue weighted by Gasteiger charge is 2.16. The fourth-order valence-corrected chi connectivity index (χ4v) is 5.12. The van der Waals surface area contributed by atoms with Crippen LogP contribution in [0, 0.1) is 0 Å². The van der Waals surface area contributed by atoms with E-state index in [1.54, 1.807) is 0 Å². The summed E-state index contributed by atoms with van der Waals surface area (Å²) in [6.45, 7) is 0. The molecule has 3 heteroatoms. The molecule has 3 nitrogen and oxygen atoms in total. The Morgan fingerprint density at radius 1 is 0.447 bits per heavy atom. The van der Waals surface area contributed by atoms with Gasteiger partial charge in [0.1, 0.15) is 0 Å². The monoisotopic (exact) mass is 485 g/mol. The molecule has 38 heavy (non-hydrogen) atoms. The number of hydrogen-bond acceptors (Lipinski definition) is 3. The minimum atomic E-state index is 0.698. The van der Waals surface area contributed by atoms with Crippen LogP contribution in [0.15, 0.2) is 140 Å². The van der Waals surface area contributed by atoms with Gasteiger partial charge in [-0.25, -0.2) is 9.97 Å². The van der Waals surface area contributed by atoms with Gasteiger partial charge >= 0.3 is 0 Å². The summed E-state index contributed by atoms with van der Waals surface area (Å²) >= 11 is 0. The Kier molecular flexibility index (Phi) is 5.45. The summed E-state index contributed by atoms with van der Waals surface area (Å²) in [5.74, 6) is 0.698. The second-order valence-electron chi connectivity index (χ2n) is 9.29. The summed E-state index contributed by atoms with van der Waals surface area (Å²) < 4.78 is 0. The van der Waals surface area contributed by atoms with E-state index < -0.39 is 0 Å². The molecule has 0 fully saturated rings. The Bertz CT molecular complexity index is 1910. The molecule has 0 aliphatic carbocycles. The van der Waals surface area contributed by atoms with Gasteiger partial charge in [0.25, 0.3) is 0 Å². The lowest BCUT2D eigenvalue weighted by Crippen LogP contribution is -1.97. The first-order valence-electron chi connectivity index (χ1n) is 12.7. The van der Waals surface area contributed by atoms with Gasteiger partial charge in [0, 0.05) is 28.1 Å². The fourth-order valence-electron chi connectivity index (χ4n) is 5.12. The van der Waals surface area contributed by atoms with Crippen molar-refractivity contribution in [2.45, 2.75) is 0 Å². The van der Waals surface area contributed by atoms with Crippen molar-refractivity contribution in [3.8, 4) is 44.9 Å². The topological polar surface area (TPSA) is 38.7 Å². The summed E-state index contributed by atoms with van der Waals surface area (Å²) in [6.07, 6.45) is 1.84. The van der Waals surface area contributed by atoms with E-state index in [0.717, 1.165) is 49.8 Å². The van der Waals surface area contributed by atoms with E-state index in [1.165, 1.54) is 11.1 Å². The highest BCUT2D eigenvalue weighted by atomic mass is 14.9. The second-order valence-corrected chi connectivity index (χ2v) is 9.29. The molecule has 0 unspecified atom stereocenters. The molecule has 0 saturated heterocycles. The Balaban J connectivity index is 1.47. The zero-order valence-corrected chi connectivity index (χ0v) is 20.6. The maximum atomic E-state index is 5.18. The van der Waals surface area contributed by atoms with Crippen LogP contribution in [0.25, 0.3) is 66.7 Å². The molecule has 0 spiro atoms. The minimum Gasteiger partial charge on any atom is -0.256 e. The molecule has 7 rings (SSSR count). The van der Waals surface area contributed by atoms with Gasteiger partial charge in [-0.15, -0.1) is 0 Å². The van der Waals surface area contributed by atoms with Crippen LogP contribution in [-0.2, 0) is 0 Å². The Morgan fingerprint density at radius 3 is 1.97 bits per heavy atom. The quantitative estimate of drug-likeness (QED) is 0.250. The van der Waals surface area contributed by atoms with Crippen LogP contribution in [0.4, 0.5) is 0 Å². The molecule has 0 bridgehead atoms. The van der Waals surface area contributed by atoms with Crippen LogP contribution in [0.5, 0.6) is 0 Å². The lowest BCUT2D eigenvalue weighted by Gasteiger charge is -2.14. The first kappa shape index (κ1) is 22.1. The van der Waals surface area contributed by atoms with E-state index in [2.05, 4.69) is 103 Å². The lowest BCUT2D eigenvalue weighted by molar-refractivity contribution is 1.23. The van der Waals surface area contributed by atoms with E-state index in [4.69, 9.17) is 15.0 Å². The average Bonchev–Trinajstić information content (AvgIpc) is 3.01. The van der Waals surface area contributed by atoms with E-state index >= 15 is 0 Å². The number of aromatic nitrogens is 3. The van der Waals surface area contributed by atoms with E-state index in [-0.39, 0.29) is 0 Å². The summed E-state index contributed by atoms with van der Waals surface area (Å²) in [4.78, 5) is 14.9. The second kappa shape index (κ2) is 9.38. The summed E-state index contributed by atoms with van der Waals surface area (Å²) in [7, 11) is 0. The van der Waals surface area contributed by atoms with Crippen molar-refractivity contribution in [1.29, 1.82) is 0 Å². The van der Waals surface area contributed by atoms with Crippen molar-refractivity contribution in [2.24, 2.45) is 0 Å². The smallest absolute Gasteiger partial charge is 0.160 e. The molecule has 0 radical (unpaired) electrons. The summed E-state index contributed by atoms with van der Waals surface area (Å²) in [6, 6.07) is 46.1. The van der Waals surface area contributed by atoms with Crippen molar-refractivity contribution in [1.82, 2.24) is 15.0 Å². The number of hydrogen-bond donors (Lipinski definition) is 0. The fraction of sp³-hybridized carbons (Fsp3) is 0. The third-order valence-electron chi connectivity index (χ3n) is 6.94. The zero-order valence-electron chi connectivity index (χ0n) is 20.6. The molecule has 0 saturated carbocycles. The Labute approximate surface area is 221 Å². The molecule has 0 aliphatic heterocycles. The highest BCUT2D eigenvalue weighted by Crippen LogP contribution is 2.37. The first-order chi connectivity index (χ1) is 18.8. The largest absolute Gasteiger partial charge is 0.256 e. The maximum Gasteiger partial charge on any atom is 0.160 e. The molecule has 2 aromatic heterocycles. The van der Waals surface area contributed by atoms with Crippen molar-refractivity contribution in [2.75, 3.05) is 0 Å². The number of fused-ring (bicyclic) bond motifs is 2. The van der Waals surface area contributed by atoms with Crippen molar-refractivity contribution in [3.05, 3.63) is 140 Å². The number of pyridine rings is 1. The van der Waals surface area contributed by atoms with Crippen molar-refractivity contribution < 1.29 is 0 Å².